The summed E-state index contributed by atoms with van der Waals surface area (Å²) >= 11 is 6.59. The zero-order chi connectivity index (χ0) is 14.7. The van der Waals surface area contributed by atoms with Gasteiger partial charge in [0.2, 0.25) is 0 Å². The smallest absolute Gasteiger partial charge is 0.125 e. The molecule has 2 aromatic carbocycles. The molecule has 0 saturated heterocycles. The molecule has 0 bridgehead atoms. The summed E-state index contributed by atoms with van der Waals surface area (Å²) in [6.07, 6.45) is -0.957. The molecular formula is C15H13Br2FO2. The van der Waals surface area contributed by atoms with Crippen LogP contribution in [0.15, 0.2) is 45.3 Å². The third kappa shape index (κ3) is 3.59. The predicted molar refractivity (Wildman–Crippen MR) is 83.5 cm³/mol. The summed E-state index contributed by atoms with van der Waals surface area (Å²) in [5.41, 5.74) is 1.06. The van der Waals surface area contributed by atoms with Gasteiger partial charge in [-0.1, -0.05) is 31.9 Å². The summed E-state index contributed by atoms with van der Waals surface area (Å²) < 4.78 is 20.4. The van der Waals surface area contributed by atoms with Crippen molar-refractivity contribution >= 4 is 31.9 Å². The first-order valence-electron chi connectivity index (χ1n) is 6.07. The van der Waals surface area contributed by atoms with Crippen molar-refractivity contribution in [2.75, 3.05) is 6.61 Å². The monoisotopic (exact) mass is 402 g/mol. The first-order chi connectivity index (χ1) is 9.51. The van der Waals surface area contributed by atoms with Gasteiger partial charge in [0.25, 0.3) is 0 Å². The summed E-state index contributed by atoms with van der Waals surface area (Å²) in [4.78, 5) is 0. The van der Waals surface area contributed by atoms with Crippen LogP contribution in [0.3, 0.4) is 0 Å². The van der Waals surface area contributed by atoms with Crippen LogP contribution in [0.25, 0.3) is 0 Å². The summed E-state index contributed by atoms with van der Waals surface area (Å²) in [5, 5.41) is 10.5. The first kappa shape index (κ1) is 15.5. The molecular weight excluding hydrogens is 391 g/mol. The molecule has 20 heavy (non-hydrogen) atoms. The van der Waals surface area contributed by atoms with Gasteiger partial charge in [-0.2, -0.15) is 0 Å². The van der Waals surface area contributed by atoms with Crippen LogP contribution < -0.4 is 4.74 Å². The maximum Gasteiger partial charge on any atom is 0.125 e. The van der Waals surface area contributed by atoms with Gasteiger partial charge in [0.15, 0.2) is 0 Å². The lowest BCUT2D eigenvalue weighted by molar-refractivity contribution is 0.211. The third-order valence-corrected chi connectivity index (χ3v) is 3.72. The van der Waals surface area contributed by atoms with Crippen LogP contribution in [0, 0.1) is 5.82 Å². The Hall–Kier alpha value is -0.910. The molecule has 2 aromatic rings. The number of benzene rings is 2. The van der Waals surface area contributed by atoms with E-state index in [1.807, 2.05) is 13.0 Å². The minimum Gasteiger partial charge on any atom is -0.493 e. The van der Waals surface area contributed by atoms with Gasteiger partial charge in [-0.3, -0.25) is 0 Å². The molecule has 1 atom stereocenters. The Kier molecular flexibility index (Phi) is 5.18. The SMILES string of the molecule is CCOc1ccc(Br)cc1C(O)c1cc(F)cc(Br)c1. The number of aliphatic hydroxyl groups is 1. The predicted octanol–water partition coefficient (Wildman–Crippen LogP) is 4.83. The van der Waals surface area contributed by atoms with Gasteiger partial charge in [-0.25, -0.2) is 4.39 Å². The lowest BCUT2D eigenvalue weighted by atomic mass is 10.0. The van der Waals surface area contributed by atoms with Crippen molar-refractivity contribution in [3.05, 3.63) is 62.3 Å². The van der Waals surface area contributed by atoms with Crippen LogP contribution in [-0.4, -0.2) is 11.7 Å². The number of halogens is 3. The van der Waals surface area contributed by atoms with Crippen LogP contribution in [0.5, 0.6) is 5.75 Å². The summed E-state index contributed by atoms with van der Waals surface area (Å²) in [5.74, 6) is 0.185. The van der Waals surface area contributed by atoms with Crippen LogP contribution >= 0.6 is 31.9 Å². The van der Waals surface area contributed by atoms with Crippen LogP contribution in [0.2, 0.25) is 0 Å². The molecule has 0 saturated carbocycles. The molecule has 0 radical (unpaired) electrons. The Morgan fingerprint density at radius 2 is 1.90 bits per heavy atom. The quantitative estimate of drug-likeness (QED) is 0.791. The van der Waals surface area contributed by atoms with E-state index in [1.165, 1.54) is 12.1 Å². The molecule has 1 unspecified atom stereocenters. The van der Waals surface area contributed by atoms with Crippen molar-refractivity contribution in [2.45, 2.75) is 13.0 Å². The maximum atomic E-state index is 13.5. The highest BCUT2D eigenvalue weighted by Gasteiger charge is 2.17. The Morgan fingerprint density at radius 1 is 1.15 bits per heavy atom. The number of aliphatic hydroxyl groups excluding tert-OH is 1. The van der Waals surface area contributed by atoms with Crippen molar-refractivity contribution < 1.29 is 14.2 Å². The van der Waals surface area contributed by atoms with E-state index in [0.717, 1.165) is 4.47 Å². The molecule has 0 amide bonds. The molecule has 0 aliphatic rings. The van der Waals surface area contributed by atoms with E-state index < -0.39 is 11.9 Å². The third-order valence-electron chi connectivity index (χ3n) is 2.77. The van der Waals surface area contributed by atoms with Crippen LogP contribution in [0.1, 0.15) is 24.2 Å². The standard InChI is InChI=1S/C15H13Br2FO2/c1-2-20-14-4-3-10(16)8-13(14)15(19)9-5-11(17)7-12(18)6-9/h3-8,15,19H,2H2,1H3. The molecule has 2 rings (SSSR count). The van der Waals surface area contributed by atoms with Crippen LogP contribution in [-0.2, 0) is 0 Å². The highest BCUT2D eigenvalue weighted by atomic mass is 79.9. The number of rotatable bonds is 4. The second kappa shape index (κ2) is 6.70. The molecule has 2 nitrogen and oxygen atoms in total. The maximum absolute atomic E-state index is 13.5. The highest BCUT2D eigenvalue weighted by Crippen LogP contribution is 2.33. The minimum absolute atomic E-state index is 0.401. The lowest BCUT2D eigenvalue weighted by Crippen LogP contribution is -2.04. The van der Waals surface area contributed by atoms with E-state index in [-0.39, 0.29) is 0 Å². The normalized spacial score (nSPS) is 12.2. The summed E-state index contributed by atoms with van der Waals surface area (Å²) in [7, 11) is 0. The molecule has 0 spiro atoms. The Balaban J connectivity index is 2.46. The topological polar surface area (TPSA) is 29.5 Å². The van der Waals surface area contributed by atoms with Gasteiger partial charge < -0.3 is 9.84 Å². The molecule has 0 aliphatic carbocycles. The summed E-state index contributed by atoms with van der Waals surface area (Å²) in [6.45, 7) is 2.37. The minimum atomic E-state index is -0.957. The Labute approximate surface area is 133 Å². The largest absolute Gasteiger partial charge is 0.493 e. The van der Waals surface area contributed by atoms with Crippen molar-refractivity contribution in [3.63, 3.8) is 0 Å². The number of ether oxygens (including phenoxy) is 1. The second-order valence-electron chi connectivity index (χ2n) is 4.22. The van der Waals surface area contributed by atoms with Gasteiger partial charge in [-0.15, -0.1) is 0 Å². The Morgan fingerprint density at radius 3 is 2.55 bits per heavy atom. The fourth-order valence-corrected chi connectivity index (χ4v) is 2.79. The molecule has 106 valence electrons. The van der Waals surface area contributed by atoms with E-state index in [4.69, 9.17) is 4.74 Å². The molecule has 0 heterocycles. The first-order valence-corrected chi connectivity index (χ1v) is 7.66. The zero-order valence-corrected chi connectivity index (χ0v) is 13.9. The average Bonchev–Trinajstić information content (AvgIpc) is 2.39. The molecule has 1 N–H and O–H groups in total. The number of hydrogen-bond acceptors (Lipinski definition) is 2. The summed E-state index contributed by atoms with van der Waals surface area (Å²) in [6, 6.07) is 9.73. The molecule has 0 aromatic heterocycles. The van der Waals surface area contributed by atoms with Gasteiger partial charge in [0.05, 0.1) is 6.61 Å². The molecule has 0 aliphatic heterocycles. The van der Waals surface area contributed by atoms with Crippen LogP contribution in [0.4, 0.5) is 4.39 Å². The van der Waals surface area contributed by atoms with E-state index in [0.29, 0.717) is 28.0 Å². The fourth-order valence-electron chi connectivity index (χ4n) is 1.93. The van der Waals surface area contributed by atoms with Crippen molar-refractivity contribution in [2.24, 2.45) is 0 Å². The zero-order valence-electron chi connectivity index (χ0n) is 10.7. The molecule has 5 heteroatoms. The fraction of sp³-hybridized carbons (Fsp3) is 0.200. The van der Waals surface area contributed by atoms with Gasteiger partial charge in [0, 0.05) is 14.5 Å². The highest BCUT2D eigenvalue weighted by molar-refractivity contribution is 9.10. The van der Waals surface area contributed by atoms with E-state index in [9.17, 15) is 9.50 Å². The van der Waals surface area contributed by atoms with Gasteiger partial charge in [0.1, 0.15) is 17.7 Å². The van der Waals surface area contributed by atoms with Crippen molar-refractivity contribution in [1.82, 2.24) is 0 Å². The van der Waals surface area contributed by atoms with E-state index >= 15 is 0 Å². The molecule has 0 fully saturated rings. The average molecular weight is 404 g/mol. The van der Waals surface area contributed by atoms with E-state index in [1.54, 1.807) is 18.2 Å². The number of hydrogen-bond donors (Lipinski definition) is 1. The van der Waals surface area contributed by atoms with Gasteiger partial charge >= 0.3 is 0 Å². The Bertz CT molecular complexity index is 597. The van der Waals surface area contributed by atoms with Gasteiger partial charge in [-0.05, 0) is 48.9 Å². The van der Waals surface area contributed by atoms with E-state index in [2.05, 4.69) is 31.9 Å². The second-order valence-corrected chi connectivity index (χ2v) is 6.05. The van der Waals surface area contributed by atoms with Crippen molar-refractivity contribution in [3.8, 4) is 5.75 Å². The van der Waals surface area contributed by atoms with Crippen molar-refractivity contribution in [1.29, 1.82) is 0 Å². The lowest BCUT2D eigenvalue weighted by Gasteiger charge is -2.17.